The molecule has 1 N–H and O–H groups in total. The molecule has 0 amide bonds. The zero-order chi connectivity index (χ0) is 12.5. The zero-order valence-electron chi connectivity index (χ0n) is 11.2. The van der Waals surface area contributed by atoms with Crippen LogP contribution in [0.15, 0.2) is 4.42 Å². The van der Waals surface area contributed by atoms with E-state index in [4.69, 9.17) is 9.15 Å². The maximum absolute atomic E-state index is 5.69. The summed E-state index contributed by atoms with van der Waals surface area (Å²) in [6, 6.07) is 0.492. The number of nitrogens with zero attached hydrogens (tertiary/aromatic N) is 1. The first-order valence-corrected chi connectivity index (χ1v) is 6.26. The lowest BCUT2D eigenvalue weighted by atomic mass is 9.94. The van der Waals surface area contributed by atoms with Crippen molar-refractivity contribution in [3.05, 3.63) is 17.3 Å². The fraction of sp³-hybridized carbons (Fsp3) is 0.769. The van der Waals surface area contributed by atoms with Gasteiger partial charge in [0.15, 0.2) is 0 Å². The maximum Gasteiger partial charge on any atom is 0.208 e. The SMILES string of the molecule is Cc1nc(CNC2CCOC(C)(C)C2)oc1C. The van der Waals surface area contributed by atoms with Gasteiger partial charge < -0.3 is 14.5 Å². The topological polar surface area (TPSA) is 47.3 Å². The molecule has 1 aromatic rings. The van der Waals surface area contributed by atoms with Gasteiger partial charge in [-0.15, -0.1) is 0 Å². The molecule has 1 aromatic heterocycles. The first kappa shape index (κ1) is 12.6. The first-order valence-electron chi connectivity index (χ1n) is 6.26. The minimum Gasteiger partial charge on any atom is -0.444 e. The molecule has 1 fully saturated rings. The Balaban J connectivity index is 1.86. The smallest absolute Gasteiger partial charge is 0.208 e. The molecular weight excluding hydrogens is 216 g/mol. The highest BCUT2D eigenvalue weighted by molar-refractivity contribution is 5.05. The van der Waals surface area contributed by atoms with Gasteiger partial charge in [-0.2, -0.15) is 0 Å². The van der Waals surface area contributed by atoms with Crippen LogP contribution in [0.25, 0.3) is 0 Å². The molecule has 1 saturated heterocycles. The van der Waals surface area contributed by atoms with Crippen LogP contribution in [-0.2, 0) is 11.3 Å². The number of aromatic nitrogens is 1. The number of nitrogens with one attached hydrogen (secondary N) is 1. The minimum absolute atomic E-state index is 0.0155. The van der Waals surface area contributed by atoms with Crippen molar-refractivity contribution in [1.82, 2.24) is 10.3 Å². The number of hydrogen-bond donors (Lipinski definition) is 1. The molecule has 1 aliphatic heterocycles. The van der Waals surface area contributed by atoms with E-state index in [-0.39, 0.29) is 5.60 Å². The monoisotopic (exact) mass is 238 g/mol. The van der Waals surface area contributed by atoms with Crippen molar-refractivity contribution in [3.8, 4) is 0 Å². The van der Waals surface area contributed by atoms with E-state index in [0.717, 1.165) is 36.8 Å². The molecule has 2 heterocycles. The average molecular weight is 238 g/mol. The Bertz CT molecular complexity index is 365. The summed E-state index contributed by atoms with van der Waals surface area (Å²) in [4.78, 5) is 4.37. The maximum atomic E-state index is 5.69. The van der Waals surface area contributed by atoms with E-state index in [1.165, 1.54) is 0 Å². The summed E-state index contributed by atoms with van der Waals surface area (Å²) in [5, 5.41) is 3.50. The Kier molecular flexibility index (Phi) is 3.54. The predicted octanol–water partition coefficient (Wildman–Crippen LogP) is 2.34. The van der Waals surface area contributed by atoms with Gasteiger partial charge in [0.25, 0.3) is 0 Å². The molecule has 0 aliphatic carbocycles. The third-order valence-corrected chi connectivity index (χ3v) is 3.31. The van der Waals surface area contributed by atoms with E-state index in [1.54, 1.807) is 0 Å². The van der Waals surface area contributed by atoms with E-state index < -0.39 is 0 Å². The average Bonchev–Trinajstić information content (AvgIpc) is 2.54. The molecule has 4 heteroatoms. The van der Waals surface area contributed by atoms with Crippen molar-refractivity contribution in [2.45, 2.75) is 58.7 Å². The van der Waals surface area contributed by atoms with Crippen molar-refractivity contribution >= 4 is 0 Å². The third-order valence-electron chi connectivity index (χ3n) is 3.31. The molecule has 1 unspecified atom stereocenters. The van der Waals surface area contributed by atoms with Crippen molar-refractivity contribution in [1.29, 1.82) is 0 Å². The van der Waals surface area contributed by atoms with Crippen molar-refractivity contribution < 1.29 is 9.15 Å². The number of oxazole rings is 1. The van der Waals surface area contributed by atoms with E-state index in [2.05, 4.69) is 24.1 Å². The standard InChI is InChI=1S/C13H22N2O2/c1-9-10(2)17-12(15-9)8-14-11-5-6-16-13(3,4)7-11/h11,14H,5-8H2,1-4H3. The van der Waals surface area contributed by atoms with Crippen molar-refractivity contribution in [2.24, 2.45) is 0 Å². The van der Waals surface area contributed by atoms with Gasteiger partial charge in [0.05, 0.1) is 17.8 Å². The Morgan fingerprint density at radius 3 is 2.76 bits per heavy atom. The molecule has 96 valence electrons. The Morgan fingerprint density at radius 1 is 1.41 bits per heavy atom. The van der Waals surface area contributed by atoms with Gasteiger partial charge in [-0.1, -0.05) is 0 Å². The Hall–Kier alpha value is -0.870. The lowest BCUT2D eigenvalue weighted by Gasteiger charge is -2.35. The van der Waals surface area contributed by atoms with Crippen LogP contribution in [-0.4, -0.2) is 23.2 Å². The van der Waals surface area contributed by atoms with E-state index in [1.807, 2.05) is 13.8 Å². The minimum atomic E-state index is -0.0155. The summed E-state index contributed by atoms with van der Waals surface area (Å²) < 4.78 is 11.2. The highest BCUT2D eigenvalue weighted by Gasteiger charge is 2.28. The van der Waals surface area contributed by atoms with Crippen LogP contribution in [0.3, 0.4) is 0 Å². The molecule has 4 nitrogen and oxygen atoms in total. The number of hydrogen-bond acceptors (Lipinski definition) is 4. The first-order chi connectivity index (χ1) is 7.96. The fourth-order valence-corrected chi connectivity index (χ4v) is 2.25. The van der Waals surface area contributed by atoms with E-state index in [9.17, 15) is 0 Å². The second kappa shape index (κ2) is 4.78. The van der Waals surface area contributed by atoms with Crippen LogP contribution in [0.1, 0.15) is 44.0 Å². The highest BCUT2D eigenvalue weighted by atomic mass is 16.5. The fourth-order valence-electron chi connectivity index (χ4n) is 2.25. The lowest BCUT2D eigenvalue weighted by molar-refractivity contribution is -0.0632. The number of ether oxygens (including phenoxy) is 1. The van der Waals surface area contributed by atoms with Gasteiger partial charge in [0.1, 0.15) is 5.76 Å². The van der Waals surface area contributed by atoms with Crippen molar-refractivity contribution in [3.63, 3.8) is 0 Å². The molecule has 0 spiro atoms. The molecular formula is C13H22N2O2. The second-order valence-electron chi connectivity index (χ2n) is 5.43. The van der Waals surface area contributed by atoms with Crippen LogP contribution in [0, 0.1) is 13.8 Å². The molecule has 17 heavy (non-hydrogen) atoms. The predicted molar refractivity (Wildman–Crippen MR) is 65.9 cm³/mol. The molecule has 0 saturated carbocycles. The molecule has 1 aliphatic rings. The largest absolute Gasteiger partial charge is 0.444 e. The van der Waals surface area contributed by atoms with Gasteiger partial charge in [0.2, 0.25) is 5.89 Å². The number of rotatable bonds is 3. The van der Waals surface area contributed by atoms with Gasteiger partial charge in [-0.05, 0) is 40.5 Å². The summed E-state index contributed by atoms with van der Waals surface area (Å²) in [6.07, 6.45) is 2.09. The highest BCUT2D eigenvalue weighted by Crippen LogP contribution is 2.24. The van der Waals surface area contributed by atoms with Crippen LogP contribution >= 0.6 is 0 Å². The molecule has 0 aromatic carbocycles. The van der Waals surface area contributed by atoms with Crippen molar-refractivity contribution in [2.75, 3.05) is 6.61 Å². The van der Waals surface area contributed by atoms with Crippen LogP contribution in [0.5, 0.6) is 0 Å². The quantitative estimate of drug-likeness (QED) is 0.878. The zero-order valence-corrected chi connectivity index (χ0v) is 11.2. The third kappa shape index (κ3) is 3.30. The Morgan fingerprint density at radius 2 is 2.18 bits per heavy atom. The summed E-state index contributed by atoms with van der Waals surface area (Å²) in [6.45, 7) is 9.73. The molecule has 0 radical (unpaired) electrons. The Labute approximate surface area is 103 Å². The normalized spacial score (nSPS) is 23.9. The van der Waals surface area contributed by atoms with Gasteiger partial charge >= 0.3 is 0 Å². The molecule has 1 atom stereocenters. The molecule has 2 rings (SSSR count). The van der Waals surface area contributed by atoms with E-state index >= 15 is 0 Å². The van der Waals surface area contributed by atoms with Crippen LogP contribution < -0.4 is 5.32 Å². The summed E-state index contributed by atoms with van der Waals surface area (Å²) >= 11 is 0. The van der Waals surface area contributed by atoms with Gasteiger partial charge in [-0.3, -0.25) is 0 Å². The second-order valence-corrected chi connectivity index (χ2v) is 5.43. The number of aryl methyl sites for hydroxylation is 2. The van der Waals surface area contributed by atoms with Crippen LogP contribution in [0.4, 0.5) is 0 Å². The summed E-state index contributed by atoms with van der Waals surface area (Å²) in [5.41, 5.74) is 0.965. The van der Waals surface area contributed by atoms with Gasteiger partial charge in [0, 0.05) is 12.6 Å². The van der Waals surface area contributed by atoms with E-state index in [0.29, 0.717) is 12.6 Å². The van der Waals surface area contributed by atoms with Crippen LogP contribution in [0.2, 0.25) is 0 Å². The lowest BCUT2D eigenvalue weighted by Crippen LogP contribution is -2.43. The molecule has 0 bridgehead atoms. The van der Waals surface area contributed by atoms with Gasteiger partial charge in [-0.25, -0.2) is 4.98 Å². The summed E-state index contributed by atoms with van der Waals surface area (Å²) in [5.74, 6) is 1.69. The summed E-state index contributed by atoms with van der Waals surface area (Å²) in [7, 11) is 0.